The number of carbonyl (C=O) groups is 1. The molecule has 3 aromatic rings. The van der Waals surface area contributed by atoms with Crippen LogP contribution >= 0.6 is 0 Å². The first kappa shape index (κ1) is 21.1. The van der Waals surface area contributed by atoms with Crippen molar-refractivity contribution < 1.29 is 9.53 Å². The maximum Gasteiger partial charge on any atom is 0.229 e. The van der Waals surface area contributed by atoms with Gasteiger partial charge in [0.05, 0.1) is 17.3 Å². The summed E-state index contributed by atoms with van der Waals surface area (Å²) in [6.07, 6.45) is 14.3. The fraction of sp³-hybridized carbons (Fsp3) is 0.500. The van der Waals surface area contributed by atoms with Gasteiger partial charge in [-0.2, -0.15) is 0 Å². The Hall–Kier alpha value is -2.73. The largest absolute Gasteiger partial charge is 0.381 e. The van der Waals surface area contributed by atoms with Crippen molar-refractivity contribution in [3.05, 3.63) is 66.4 Å². The first-order valence-electron chi connectivity index (χ1n) is 11.9. The number of aromatic nitrogens is 3. The van der Waals surface area contributed by atoms with Gasteiger partial charge in [-0.15, -0.1) is 0 Å². The molecule has 0 unspecified atom stereocenters. The molecule has 32 heavy (non-hydrogen) atoms. The van der Waals surface area contributed by atoms with Crippen LogP contribution in [0.15, 0.2) is 55.1 Å². The number of imidazole rings is 1. The molecular weight excluding hydrogens is 400 g/mol. The lowest BCUT2D eigenvalue weighted by Gasteiger charge is -2.40. The number of carbonyl (C=O) groups excluding carboxylic acids is 1. The molecule has 0 aliphatic carbocycles. The van der Waals surface area contributed by atoms with Crippen molar-refractivity contribution in [3.63, 3.8) is 0 Å². The molecule has 2 aliphatic rings. The Bertz CT molecular complexity index is 1040. The van der Waals surface area contributed by atoms with Gasteiger partial charge in [-0.25, -0.2) is 4.98 Å². The number of hydrogen-bond acceptors (Lipinski definition) is 4. The summed E-state index contributed by atoms with van der Waals surface area (Å²) in [6.45, 7) is 3.06. The maximum absolute atomic E-state index is 13.9. The highest BCUT2D eigenvalue weighted by molar-refractivity contribution is 5.83. The molecule has 2 aromatic heterocycles. The van der Waals surface area contributed by atoms with E-state index >= 15 is 0 Å². The van der Waals surface area contributed by atoms with Crippen LogP contribution in [0.3, 0.4) is 0 Å². The van der Waals surface area contributed by atoms with E-state index in [1.54, 1.807) is 6.20 Å². The fourth-order valence-corrected chi connectivity index (χ4v) is 5.39. The van der Waals surface area contributed by atoms with Gasteiger partial charge in [0.1, 0.15) is 0 Å². The van der Waals surface area contributed by atoms with E-state index in [2.05, 4.69) is 45.3 Å². The number of amides is 1. The van der Waals surface area contributed by atoms with Crippen LogP contribution in [0.5, 0.6) is 0 Å². The van der Waals surface area contributed by atoms with E-state index in [0.29, 0.717) is 25.0 Å². The minimum Gasteiger partial charge on any atom is -0.381 e. The predicted octanol–water partition coefficient (Wildman–Crippen LogP) is 3.94. The van der Waals surface area contributed by atoms with Crippen LogP contribution in [-0.2, 0) is 22.4 Å². The van der Waals surface area contributed by atoms with Crippen LogP contribution in [0, 0.1) is 11.3 Å². The van der Waals surface area contributed by atoms with Gasteiger partial charge in [0.2, 0.25) is 5.91 Å². The molecule has 5 rings (SSSR count). The molecule has 4 heterocycles. The third-order valence-electron chi connectivity index (χ3n) is 7.25. The van der Waals surface area contributed by atoms with Crippen molar-refractivity contribution in [2.45, 2.75) is 44.9 Å². The van der Waals surface area contributed by atoms with Gasteiger partial charge in [0.25, 0.3) is 0 Å². The molecule has 0 spiro atoms. The Morgan fingerprint density at radius 2 is 1.94 bits per heavy atom. The minimum absolute atomic E-state index is 0.326. The fourth-order valence-electron chi connectivity index (χ4n) is 5.39. The summed E-state index contributed by atoms with van der Waals surface area (Å²) in [4.78, 5) is 24.9. The van der Waals surface area contributed by atoms with E-state index in [4.69, 9.17) is 4.74 Å². The molecule has 1 aromatic carbocycles. The zero-order valence-electron chi connectivity index (χ0n) is 18.7. The molecule has 0 bridgehead atoms. The Balaban J connectivity index is 1.26. The molecule has 0 radical (unpaired) electrons. The molecule has 0 saturated carbocycles. The number of nitrogens with zero attached hydrogens (tertiary/aromatic N) is 4. The Kier molecular flexibility index (Phi) is 6.21. The zero-order chi connectivity index (χ0) is 21.8. The van der Waals surface area contributed by atoms with Crippen molar-refractivity contribution >= 4 is 11.6 Å². The number of benzene rings is 1. The SMILES string of the molecule is O=C(N1CCC[C@H](Cc2cn3ccnc3cn2)CC1)C1(Cc2ccccc2)CCOCC1. The lowest BCUT2D eigenvalue weighted by atomic mass is 9.74. The molecule has 2 aliphatic heterocycles. The second-order valence-corrected chi connectivity index (χ2v) is 9.42. The first-order valence-corrected chi connectivity index (χ1v) is 11.9. The smallest absolute Gasteiger partial charge is 0.229 e. The molecule has 2 fully saturated rings. The molecule has 6 heteroatoms. The van der Waals surface area contributed by atoms with Crippen LogP contribution in [0.25, 0.3) is 5.65 Å². The second-order valence-electron chi connectivity index (χ2n) is 9.42. The predicted molar refractivity (Wildman–Crippen MR) is 123 cm³/mol. The zero-order valence-corrected chi connectivity index (χ0v) is 18.7. The van der Waals surface area contributed by atoms with Crippen molar-refractivity contribution in [3.8, 4) is 0 Å². The highest BCUT2D eigenvalue weighted by Gasteiger charge is 2.42. The summed E-state index contributed by atoms with van der Waals surface area (Å²) in [6, 6.07) is 10.5. The monoisotopic (exact) mass is 432 g/mol. The summed E-state index contributed by atoms with van der Waals surface area (Å²) in [7, 11) is 0. The van der Waals surface area contributed by atoms with Gasteiger partial charge in [0, 0.05) is 44.9 Å². The van der Waals surface area contributed by atoms with E-state index in [-0.39, 0.29) is 5.41 Å². The highest BCUT2D eigenvalue weighted by Crippen LogP contribution is 2.37. The van der Waals surface area contributed by atoms with Crippen molar-refractivity contribution in [1.82, 2.24) is 19.3 Å². The number of rotatable bonds is 5. The van der Waals surface area contributed by atoms with Crippen LogP contribution in [0.2, 0.25) is 0 Å². The minimum atomic E-state index is -0.326. The third kappa shape index (κ3) is 4.56. The maximum atomic E-state index is 13.9. The molecule has 2 saturated heterocycles. The Morgan fingerprint density at radius 1 is 1.09 bits per heavy atom. The standard InChI is InChI=1S/C26H32N4O2/c31-25(26(9-15-32-16-10-26)18-22-5-2-1-3-6-22)29-12-4-7-21(8-13-29)17-23-20-30-14-11-27-24(30)19-28-23/h1-3,5-6,11,14,19-21H,4,7-10,12-13,15-18H2/t21-/m0/s1. The summed E-state index contributed by atoms with van der Waals surface area (Å²) < 4.78 is 7.68. The first-order chi connectivity index (χ1) is 15.7. The molecule has 6 nitrogen and oxygen atoms in total. The second kappa shape index (κ2) is 9.41. The van der Waals surface area contributed by atoms with E-state index < -0.39 is 0 Å². The Labute approximate surface area is 189 Å². The molecule has 1 atom stereocenters. The molecule has 0 N–H and O–H groups in total. The van der Waals surface area contributed by atoms with Crippen LogP contribution in [0.1, 0.15) is 43.4 Å². The van der Waals surface area contributed by atoms with Crippen molar-refractivity contribution in [1.29, 1.82) is 0 Å². The van der Waals surface area contributed by atoms with Crippen LogP contribution in [0.4, 0.5) is 0 Å². The van der Waals surface area contributed by atoms with Gasteiger partial charge in [-0.1, -0.05) is 30.3 Å². The number of fused-ring (bicyclic) bond motifs is 1. The van der Waals surface area contributed by atoms with Gasteiger partial charge in [0.15, 0.2) is 5.65 Å². The van der Waals surface area contributed by atoms with Gasteiger partial charge >= 0.3 is 0 Å². The Morgan fingerprint density at radius 3 is 2.78 bits per heavy atom. The normalized spacial score (nSPS) is 21.4. The van der Waals surface area contributed by atoms with Crippen LogP contribution < -0.4 is 0 Å². The quantitative estimate of drug-likeness (QED) is 0.613. The lowest BCUT2D eigenvalue weighted by Crippen LogP contribution is -2.48. The van der Waals surface area contributed by atoms with E-state index in [1.165, 1.54) is 5.56 Å². The van der Waals surface area contributed by atoms with Gasteiger partial charge < -0.3 is 14.0 Å². The van der Waals surface area contributed by atoms with E-state index in [9.17, 15) is 4.79 Å². The van der Waals surface area contributed by atoms with Crippen LogP contribution in [-0.4, -0.2) is 51.5 Å². The van der Waals surface area contributed by atoms with E-state index in [1.807, 2.05) is 22.9 Å². The molecule has 1 amide bonds. The van der Waals surface area contributed by atoms with Crippen molar-refractivity contribution in [2.75, 3.05) is 26.3 Å². The number of likely N-dealkylation sites (tertiary alicyclic amines) is 1. The topological polar surface area (TPSA) is 59.7 Å². The average Bonchev–Trinajstić information content (AvgIpc) is 3.17. The molecular formula is C26H32N4O2. The average molecular weight is 433 g/mol. The summed E-state index contributed by atoms with van der Waals surface area (Å²) in [5, 5.41) is 0. The lowest BCUT2D eigenvalue weighted by molar-refractivity contribution is -0.148. The van der Waals surface area contributed by atoms with E-state index in [0.717, 1.165) is 69.4 Å². The molecule has 168 valence electrons. The summed E-state index contributed by atoms with van der Waals surface area (Å²) in [5.74, 6) is 0.893. The van der Waals surface area contributed by atoms with Crippen molar-refractivity contribution in [2.24, 2.45) is 11.3 Å². The van der Waals surface area contributed by atoms with Gasteiger partial charge in [-0.05, 0) is 56.4 Å². The number of ether oxygens (including phenoxy) is 1. The number of hydrogen-bond donors (Lipinski definition) is 0. The third-order valence-corrected chi connectivity index (χ3v) is 7.25. The van der Waals surface area contributed by atoms with Gasteiger partial charge in [-0.3, -0.25) is 9.78 Å². The summed E-state index contributed by atoms with van der Waals surface area (Å²) in [5.41, 5.74) is 2.90. The highest BCUT2D eigenvalue weighted by atomic mass is 16.5. The summed E-state index contributed by atoms with van der Waals surface area (Å²) >= 11 is 0.